The summed E-state index contributed by atoms with van der Waals surface area (Å²) in [5, 5.41) is 10.1. The summed E-state index contributed by atoms with van der Waals surface area (Å²) < 4.78 is 6.12. The standard InChI is InChI=1S/C22H19N5O2/c28-22(20-14-23-18-7-3-4-8-19(18)25-20)27-11-9-16(10-12-27)29-21-17-6-2-1-5-15(17)13-24-26-21/h1-8,13-14,16H,9-12H2. The van der Waals surface area contributed by atoms with Crippen LogP contribution in [0.1, 0.15) is 23.3 Å². The van der Waals surface area contributed by atoms with Crippen LogP contribution in [0, 0.1) is 0 Å². The monoisotopic (exact) mass is 385 g/mol. The largest absolute Gasteiger partial charge is 0.473 e. The first-order chi connectivity index (χ1) is 14.3. The van der Waals surface area contributed by atoms with Crippen molar-refractivity contribution in [2.24, 2.45) is 0 Å². The Morgan fingerprint density at radius 1 is 0.966 bits per heavy atom. The van der Waals surface area contributed by atoms with Crippen LogP contribution in [0.2, 0.25) is 0 Å². The molecule has 0 spiro atoms. The van der Waals surface area contributed by atoms with Gasteiger partial charge in [0.2, 0.25) is 5.88 Å². The van der Waals surface area contributed by atoms with Crippen molar-refractivity contribution in [2.75, 3.05) is 13.1 Å². The summed E-state index contributed by atoms with van der Waals surface area (Å²) in [6.07, 6.45) is 4.75. The number of fused-ring (bicyclic) bond motifs is 2. The number of hydrogen-bond acceptors (Lipinski definition) is 6. The van der Waals surface area contributed by atoms with Crippen molar-refractivity contribution in [3.63, 3.8) is 0 Å². The summed E-state index contributed by atoms with van der Waals surface area (Å²) in [6.45, 7) is 1.21. The van der Waals surface area contributed by atoms with Gasteiger partial charge < -0.3 is 9.64 Å². The molecule has 0 N–H and O–H groups in total. The quantitative estimate of drug-likeness (QED) is 0.538. The van der Waals surface area contributed by atoms with Gasteiger partial charge in [-0.25, -0.2) is 4.98 Å². The Labute approximate surface area is 167 Å². The van der Waals surface area contributed by atoms with Crippen molar-refractivity contribution in [1.29, 1.82) is 0 Å². The van der Waals surface area contributed by atoms with Crippen LogP contribution in [0.15, 0.2) is 60.9 Å². The maximum Gasteiger partial charge on any atom is 0.274 e. The molecule has 0 aliphatic carbocycles. The lowest BCUT2D eigenvalue weighted by Gasteiger charge is -2.31. The van der Waals surface area contributed by atoms with Crippen LogP contribution in [0.3, 0.4) is 0 Å². The fourth-order valence-corrected chi connectivity index (χ4v) is 3.65. The smallest absolute Gasteiger partial charge is 0.274 e. The highest BCUT2D eigenvalue weighted by molar-refractivity contribution is 5.93. The molecule has 0 bridgehead atoms. The fraction of sp³-hybridized carbons (Fsp3) is 0.227. The number of amides is 1. The summed E-state index contributed by atoms with van der Waals surface area (Å²) in [5.74, 6) is 0.458. The molecule has 1 saturated heterocycles. The van der Waals surface area contributed by atoms with Gasteiger partial charge in [-0.1, -0.05) is 30.3 Å². The van der Waals surface area contributed by atoms with Crippen molar-refractivity contribution in [2.45, 2.75) is 18.9 Å². The second-order valence-corrected chi connectivity index (χ2v) is 7.09. The first kappa shape index (κ1) is 17.5. The van der Waals surface area contributed by atoms with E-state index in [4.69, 9.17) is 4.74 Å². The minimum absolute atomic E-state index is 0.00171. The normalized spacial score (nSPS) is 15.0. The van der Waals surface area contributed by atoms with Crippen LogP contribution in [0.5, 0.6) is 5.88 Å². The molecule has 4 aromatic rings. The number of hydrogen-bond donors (Lipinski definition) is 0. The highest BCUT2D eigenvalue weighted by Gasteiger charge is 2.26. The number of para-hydroxylation sites is 2. The topological polar surface area (TPSA) is 81.1 Å². The second kappa shape index (κ2) is 7.43. The van der Waals surface area contributed by atoms with E-state index in [-0.39, 0.29) is 12.0 Å². The van der Waals surface area contributed by atoms with Crippen molar-refractivity contribution >= 4 is 27.7 Å². The zero-order chi connectivity index (χ0) is 19.6. The highest BCUT2D eigenvalue weighted by atomic mass is 16.5. The molecular weight excluding hydrogens is 366 g/mol. The van der Waals surface area contributed by atoms with Crippen molar-refractivity contribution in [1.82, 2.24) is 25.1 Å². The number of carbonyl (C=O) groups excluding carboxylic acids is 1. The predicted octanol–water partition coefficient (Wildman–Crippen LogP) is 3.26. The molecule has 29 heavy (non-hydrogen) atoms. The van der Waals surface area contributed by atoms with E-state index < -0.39 is 0 Å². The second-order valence-electron chi connectivity index (χ2n) is 7.09. The number of carbonyl (C=O) groups is 1. The number of likely N-dealkylation sites (tertiary alicyclic amines) is 1. The van der Waals surface area contributed by atoms with E-state index in [1.54, 1.807) is 12.4 Å². The van der Waals surface area contributed by atoms with Gasteiger partial charge in [0.1, 0.15) is 11.8 Å². The summed E-state index contributed by atoms with van der Waals surface area (Å²) in [5.41, 5.74) is 1.89. The first-order valence-corrected chi connectivity index (χ1v) is 9.66. The van der Waals surface area contributed by atoms with Crippen molar-refractivity contribution in [3.8, 4) is 5.88 Å². The summed E-state index contributed by atoms with van der Waals surface area (Å²) in [7, 11) is 0. The van der Waals surface area contributed by atoms with Crippen molar-refractivity contribution in [3.05, 3.63) is 66.6 Å². The minimum Gasteiger partial charge on any atom is -0.473 e. The zero-order valence-electron chi connectivity index (χ0n) is 15.7. The molecule has 7 nitrogen and oxygen atoms in total. The highest BCUT2D eigenvalue weighted by Crippen LogP contribution is 2.25. The first-order valence-electron chi connectivity index (χ1n) is 9.66. The Bertz CT molecular complexity index is 1180. The van der Waals surface area contributed by atoms with Crippen molar-refractivity contribution < 1.29 is 9.53 Å². The van der Waals surface area contributed by atoms with Gasteiger partial charge in [0.15, 0.2) is 0 Å². The number of piperidine rings is 1. The van der Waals surface area contributed by atoms with E-state index in [1.807, 2.05) is 53.4 Å². The molecule has 0 unspecified atom stereocenters. The van der Waals surface area contributed by atoms with Gasteiger partial charge in [0.05, 0.1) is 23.4 Å². The van der Waals surface area contributed by atoms with Gasteiger partial charge in [0, 0.05) is 36.7 Å². The van der Waals surface area contributed by atoms with Gasteiger partial charge in [-0.15, -0.1) is 5.10 Å². The average Bonchev–Trinajstić information content (AvgIpc) is 2.79. The number of aromatic nitrogens is 4. The van der Waals surface area contributed by atoms with Crippen LogP contribution in [0.25, 0.3) is 21.8 Å². The van der Waals surface area contributed by atoms with E-state index in [0.29, 0.717) is 24.7 Å². The van der Waals surface area contributed by atoms with E-state index in [0.717, 1.165) is 34.6 Å². The molecule has 1 amide bonds. The SMILES string of the molecule is O=C(c1cnc2ccccc2n1)N1CCC(Oc2nncc3ccccc23)CC1. The van der Waals surface area contributed by atoms with Gasteiger partial charge in [0.25, 0.3) is 5.91 Å². The number of nitrogens with zero attached hydrogens (tertiary/aromatic N) is 5. The molecular formula is C22H19N5O2. The van der Waals surface area contributed by atoms with E-state index in [2.05, 4.69) is 20.2 Å². The Morgan fingerprint density at radius 3 is 2.59 bits per heavy atom. The molecule has 1 fully saturated rings. The van der Waals surface area contributed by atoms with Crippen LogP contribution >= 0.6 is 0 Å². The molecule has 3 heterocycles. The van der Waals surface area contributed by atoms with Gasteiger partial charge in [-0.05, 0) is 18.2 Å². The van der Waals surface area contributed by atoms with E-state index in [9.17, 15) is 4.79 Å². The summed E-state index contributed by atoms with van der Waals surface area (Å²) in [4.78, 5) is 23.5. The Balaban J connectivity index is 1.26. The summed E-state index contributed by atoms with van der Waals surface area (Å²) >= 11 is 0. The van der Waals surface area contributed by atoms with Crippen LogP contribution in [-0.2, 0) is 0 Å². The number of ether oxygens (including phenoxy) is 1. The molecule has 0 atom stereocenters. The third-order valence-electron chi connectivity index (χ3n) is 5.21. The lowest BCUT2D eigenvalue weighted by molar-refractivity contribution is 0.0584. The van der Waals surface area contributed by atoms with E-state index >= 15 is 0 Å². The maximum absolute atomic E-state index is 12.8. The molecule has 5 rings (SSSR count). The third-order valence-corrected chi connectivity index (χ3v) is 5.21. The maximum atomic E-state index is 12.8. The minimum atomic E-state index is -0.0911. The van der Waals surface area contributed by atoms with Gasteiger partial charge in [-0.2, -0.15) is 5.10 Å². The Hall–Kier alpha value is -3.61. The molecule has 2 aromatic carbocycles. The number of rotatable bonds is 3. The van der Waals surface area contributed by atoms with Gasteiger partial charge in [-0.3, -0.25) is 9.78 Å². The number of benzene rings is 2. The molecule has 2 aromatic heterocycles. The lowest BCUT2D eigenvalue weighted by Crippen LogP contribution is -2.42. The molecule has 0 saturated carbocycles. The molecule has 144 valence electrons. The van der Waals surface area contributed by atoms with Crippen LogP contribution < -0.4 is 4.74 Å². The Kier molecular flexibility index (Phi) is 4.48. The zero-order valence-corrected chi connectivity index (χ0v) is 15.7. The average molecular weight is 385 g/mol. The summed E-state index contributed by atoms with van der Waals surface area (Å²) in [6, 6.07) is 15.4. The van der Waals surface area contributed by atoms with E-state index in [1.165, 1.54) is 0 Å². The predicted molar refractivity (Wildman–Crippen MR) is 109 cm³/mol. The third kappa shape index (κ3) is 3.47. The molecule has 7 heteroatoms. The van der Waals surface area contributed by atoms with Crippen LogP contribution in [-0.4, -0.2) is 50.2 Å². The molecule has 1 aliphatic heterocycles. The molecule has 0 radical (unpaired) electrons. The van der Waals surface area contributed by atoms with Crippen LogP contribution in [0.4, 0.5) is 0 Å². The lowest BCUT2D eigenvalue weighted by atomic mass is 10.1. The fourth-order valence-electron chi connectivity index (χ4n) is 3.65. The Morgan fingerprint density at radius 2 is 1.72 bits per heavy atom. The molecule has 1 aliphatic rings. The van der Waals surface area contributed by atoms with Gasteiger partial charge >= 0.3 is 0 Å².